The number of benzene rings is 1. The van der Waals surface area contributed by atoms with Gasteiger partial charge in [-0.3, -0.25) is 15.1 Å². The van der Waals surface area contributed by atoms with E-state index >= 15 is 0 Å². The fraction of sp³-hybridized carbons (Fsp3) is 0.381. The molecule has 1 aliphatic rings. The Bertz CT molecular complexity index is 957. The molecule has 1 aromatic carbocycles. The number of carbonyl (C=O) groups excluding carboxylic acids is 2. The van der Waals surface area contributed by atoms with E-state index in [1.165, 1.54) is 31.4 Å². The maximum Gasteiger partial charge on any atom is 0.513 e. The van der Waals surface area contributed by atoms with E-state index in [9.17, 15) is 19.7 Å². The lowest BCUT2D eigenvalue weighted by Crippen LogP contribution is -2.18. The van der Waals surface area contributed by atoms with E-state index in [-0.39, 0.29) is 24.0 Å². The number of nitrogens with zero attached hydrogens (tertiary/aromatic N) is 2. The molecule has 9 nitrogen and oxygen atoms in total. The number of nitro benzene ring substituents is 1. The number of non-ortho nitro benzene ring substituents is 1. The second kappa shape index (κ2) is 9.34. The highest BCUT2D eigenvalue weighted by Crippen LogP contribution is 2.31. The zero-order valence-corrected chi connectivity index (χ0v) is 16.8. The molecular weight excluding hydrogens is 392 g/mol. The molecule has 2 aromatic rings. The minimum atomic E-state index is -0.891. The molecule has 1 atom stereocenters. The summed E-state index contributed by atoms with van der Waals surface area (Å²) in [5.74, 6) is -0.382. The van der Waals surface area contributed by atoms with Crippen LogP contribution in [0.25, 0.3) is 0 Å². The third-order valence-electron chi connectivity index (χ3n) is 5.02. The highest BCUT2D eigenvalue weighted by molar-refractivity contribution is 5.90. The van der Waals surface area contributed by atoms with Crippen molar-refractivity contribution in [2.24, 2.45) is 0 Å². The SMILES string of the molecule is COC(=O)c1cc2c(nc1C)C(COC(=O)Oc1ccc([N+](=O)[O-])cc1)CCCC2. The number of carbonyl (C=O) groups is 2. The fourth-order valence-electron chi connectivity index (χ4n) is 3.47. The van der Waals surface area contributed by atoms with Crippen LogP contribution >= 0.6 is 0 Å². The Morgan fingerprint density at radius 3 is 2.63 bits per heavy atom. The summed E-state index contributed by atoms with van der Waals surface area (Å²) in [5, 5.41) is 10.7. The van der Waals surface area contributed by atoms with Crippen molar-refractivity contribution in [2.75, 3.05) is 13.7 Å². The summed E-state index contributed by atoms with van der Waals surface area (Å²) < 4.78 is 15.2. The van der Waals surface area contributed by atoms with Gasteiger partial charge < -0.3 is 14.2 Å². The number of esters is 1. The number of hydrogen-bond acceptors (Lipinski definition) is 8. The van der Waals surface area contributed by atoms with Gasteiger partial charge in [0.15, 0.2) is 0 Å². The molecule has 1 unspecified atom stereocenters. The quantitative estimate of drug-likeness (QED) is 0.236. The number of nitro groups is 1. The van der Waals surface area contributed by atoms with Gasteiger partial charge in [0, 0.05) is 18.1 Å². The fourth-order valence-corrected chi connectivity index (χ4v) is 3.47. The van der Waals surface area contributed by atoms with Gasteiger partial charge in [0.05, 0.1) is 29.0 Å². The normalized spacial score (nSPS) is 15.5. The van der Waals surface area contributed by atoms with E-state index in [2.05, 4.69) is 4.98 Å². The van der Waals surface area contributed by atoms with Crippen LogP contribution in [0, 0.1) is 17.0 Å². The molecule has 0 N–H and O–H groups in total. The molecule has 1 heterocycles. The average molecular weight is 414 g/mol. The second-order valence-corrected chi connectivity index (χ2v) is 7.01. The first-order valence-electron chi connectivity index (χ1n) is 9.57. The number of pyridine rings is 1. The predicted molar refractivity (Wildman–Crippen MR) is 106 cm³/mol. The molecule has 3 rings (SSSR count). The molecule has 1 aromatic heterocycles. The Kier molecular flexibility index (Phi) is 6.61. The van der Waals surface area contributed by atoms with Crippen LogP contribution in [0.4, 0.5) is 10.5 Å². The van der Waals surface area contributed by atoms with Crippen molar-refractivity contribution in [1.29, 1.82) is 0 Å². The minimum Gasteiger partial charge on any atom is -0.465 e. The van der Waals surface area contributed by atoms with Crippen LogP contribution in [-0.2, 0) is 15.9 Å². The summed E-state index contributed by atoms with van der Waals surface area (Å²) in [4.78, 5) is 38.8. The van der Waals surface area contributed by atoms with Crippen molar-refractivity contribution in [3.8, 4) is 5.75 Å². The van der Waals surface area contributed by atoms with Crippen LogP contribution in [0.1, 0.15) is 52.5 Å². The molecule has 9 heteroatoms. The zero-order valence-electron chi connectivity index (χ0n) is 16.8. The summed E-state index contributed by atoms with van der Waals surface area (Å²) in [6, 6.07) is 6.97. The first-order chi connectivity index (χ1) is 14.4. The van der Waals surface area contributed by atoms with Crippen LogP contribution in [0.15, 0.2) is 30.3 Å². The number of methoxy groups -OCH3 is 1. The molecule has 0 fully saturated rings. The van der Waals surface area contributed by atoms with Crippen LogP contribution in [-0.4, -0.2) is 35.7 Å². The van der Waals surface area contributed by atoms with Crippen molar-refractivity contribution < 1.29 is 28.7 Å². The molecule has 0 spiro atoms. The molecule has 0 amide bonds. The van der Waals surface area contributed by atoms with Crippen molar-refractivity contribution >= 4 is 17.8 Å². The molecule has 0 bridgehead atoms. The summed E-state index contributed by atoms with van der Waals surface area (Å²) in [7, 11) is 1.33. The number of hydrogen-bond donors (Lipinski definition) is 0. The van der Waals surface area contributed by atoms with Crippen LogP contribution in [0.3, 0.4) is 0 Å². The maximum atomic E-state index is 12.1. The van der Waals surface area contributed by atoms with Gasteiger partial charge in [0.2, 0.25) is 0 Å². The molecule has 158 valence electrons. The number of ether oxygens (including phenoxy) is 3. The summed E-state index contributed by atoms with van der Waals surface area (Å²) >= 11 is 0. The lowest BCUT2D eigenvalue weighted by Gasteiger charge is -2.18. The molecule has 0 saturated carbocycles. The van der Waals surface area contributed by atoms with Gasteiger partial charge in [-0.05, 0) is 49.9 Å². The molecular formula is C21H22N2O7. The summed E-state index contributed by atoms with van der Waals surface area (Å²) in [6.07, 6.45) is 2.58. The van der Waals surface area contributed by atoms with Crippen molar-refractivity contribution in [3.05, 3.63) is 63.0 Å². The Labute approximate surface area is 173 Å². The highest BCUT2D eigenvalue weighted by Gasteiger charge is 2.25. The van der Waals surface area contributed by atoms with Gasteiger partial charge in [0.1, 0.15) is 12.4 Å². The first kappa shape index (κ1) is 21.2. The largest absolute Gasteiger partial charge is 0.513 e. The molecule has 30 heavy (non-hydrogen) atoms. The van der Waals surface area contributed by atoms with Crippen molar-refractivity contribution in [2.45, 2.75) is 38.5 Å². The van der Waals surface area contributed by atoms with E-state index in [0.29, 0.717) is 11.3 Å². The zero-order chi connectivity index (χ0) is 21.7. The average Bonchev–Trinajstić information content (AvgIpc) is 2.93. The number of aromatic nitrogens is 1. The maximum absolute atomic E-state index is 12.1. The lowest BCUT2D eigenvalue weighted by molar-refractivity contribution is -0.384. The van der Waals surface area contributed by atoms with Crippen molar-refractivity contribution in [1.82, 2.24) is 4.98 Å². The Hall–Kier alpha value is -3.49. The monoisotopic (exact) mass is 414 g/mol. The third kappa shape index (κ3) is 4.91. The molecule has 1 aliphatic carbocycles. The summed E-state index contributed by atoms with van der Waals surface area (Å²) in [5.41, 5.74) is 2.69. The van der Waals surface area contributed by atoms with Crippen LogP contribution in [0.2, 0.25) is 0 Å². The van der Waals surface area contributed by atoms with Gasteiger partial charge in [-0.15, -0.1) is 0 Å². The van der Waals surface area contributed by atoms with E-state index in [0.717, 1.165) is 36.9 Å². The van der Waals surface area contributed by atoms with E-state index < -0.39 is 17.0 Å². The third-order valence-corrected chi connectivity index (χ3v) is 5.02. The second-order valence-electron chi connectivity index (χ2n) is 7.01. The first-order valence-corrected chi connectivity index (χ1v) is 9.57. The van der Waals surface area contributed by atoms with E-state index in [4.69, 9.17) is 14.2 Å². The Morgan fingerprint density at radius 1 is 1.23 bits per heavy atom. The minimum absolute atomic E-state index is 0.0861. The number of aryl methyl sites for hydroxylation is 2. The van der Waals surface area contributed by atoms with Crippen molar-refractivity contribution in [3.63, 3.8) is 0 Å². The predicted octanol–water partition coefficient (Wildman–Crippen LogP) is 4.11. The topological polar surface area (TPSA) is 118 Å². The standard InChI is InChI=1S/C21H22N2O7/c1-13-18(20(24)28-2)11-14-5-3-4-6-15(19(14)22-13)12-29-21(25)30-17-9-7-16(8-10-17)23(26)27/h7-11,15H,3-6,12H2,1-2H3. The lowest BCUT2D eigenvalue weighted by atomic mass is 9.97. The molecule has 0 saturated heterocycles. The van der Waals surface area contributed by atoms with Gasteiger partial charge in [0.25, 0.3) is 5.69 Å². The molecule has 0 aliphatic heterocycles. The van der Waals surface area contributed by atoms with Gasteiger partial charge in [-0.1, -0.05) is 6.42 Å². The Balaban J connectivity index is 1.68. The Morgan fingerprint density at radius 2 is 1.97 bits per heavy atom. The number of fused-ring (bicyclic) bond motifs is 1. The van der Waals surface area contributed by atoms with Crippen LogP contribution in [0.5, 0.6) is 5.75 Å². The summed E-state index contributed by atoms with van der Waals surface area (Å²) in [6.45, 7) is 1.83. The van der Waals surface area contributed by atoms with E-state index in [1.807, 2.05) is 6.07 Å². The van der Waals surface area contributed by atoms with Gasteiger partial charge in [-0.2, -0.15) is 0 Å². The van der Waals surface area contributed by atoms with E-state index in [1.54, 1.807) is 6.92 Å². The smallest absolute Gasteiger partial charge is 0.465 e. The molecule has 0 radical (unpaired) electrons. The van der Waals surface area contributed by atoms with Gasteiger partial charge in [-0.25, -0.2) is 9.59 Å². The number of rotatable bonds is 5. The van der Waals surface area contributed by atoms with Crippen LogP contribution < -0.4 is 4.74 Å². The highest BCUT2D eigenvalue weighted by atomic mass is 16.7. The van der Waals surface area contributed by atoms with Gasteiger partial charge >= 0.3 is 12.1 Å².